The molecule has 0 aliphatic carbocycles. The highest BCUT2D eigenvalue weighted by Gasteiger charge is 2.14. The third kappa shape index (κ3) is 4.30. The van der Waals surface area contributed by atoms with Gasteiger partial charge in [0.15, 0.2) is 5.82 Å². The lowest BCUT2D eigenvalue weighted by Gasteiger charge is -2.07. The fraction of sp³-hybridized carbons (Fsp3) is 0.118. The van der Waals surface area contributed by atoms with Gasteiger partial charge in [-0.25, -0.2) is 4.68 Å². The third-order valence-corrected chi connectivity index (χ3v) is 5.12. The van der Waals surface area contributed by atoms with E-state index in [-0.39, 0.29) is 11.7 Å². The van der Waals surface area contributed by atoms with Crippen molar-refractivity contribution in [2.24, 2.45) is 0 Å². The lowest BCUT2D eigenvalue weighted by atomic mass is 10.2. The van der Waals surface area contributed by atoms with Gasteiger partial charge < -0.3 is 11.2 Å². The van der Waals surface area contributed by atoms with Crippen molar-refractivity contribution in [3.8, 4) is 11.4 Å². The maximum absolute atomic E-state index is 12.1. The average Bonchev–Trinajstić information content (AvgIpc) is 2.97. The molecule has 9 heteroatoms. The molecule has 0 saturated carbocycles. The van der Waals surface area contributed by atoms with E-state index >= 15 is 0 Å². The van der Waals surface area contributed by atoms with Gasteiger partial charge in [0.2, 0.25) is 11.1 Å². The summed E-state index contributed by atoms with van der Waals surface area (Å²) in [6.07, 6.45) is 0. The normalized spacial score (nSPS) is 10.7. The van der Waals surface area contributed by atoms with E-state index in [1.807, 2.05) is 19.1 Å². The number of halogens is 2. The van der Waals surface area contributed by atoms with Gasteiger partial charge in [-0.1, -0.05) is 53.2 Å². The van der Waals surface area contributed by atoms with Gasteiger partial charge in [0.05, 0.1) is 5.75 Å². The molecule has 1 aromatic heterocycles. The molecule has 3 rings (SSSR count). The number of carbonyl (C=O) groups is 1. The summed E-state index contributed by atoms with van der Waals surface area (Å²) >= 11 is 13.2. The van der Waals surface area contributed by atoms with Crippen LogP contribution in [0.3, 0.4) is 0 Å². The van der Waals surface area contributed by atoms with Crippen molar-refractivity contribution in [1.29, 1.82) is 0 Å². The van der Waals surface area contributed by atoms with Crippen molar-refractivity contribution in [3.63, 3.8) is 0 Å². The molecule has 0 fully saturated rings. The number of hydrogen-bond acceptors (Lipinski definition) is 5. The molecule has 0 atom stereocenters. The minimum absolute atomic E-state index is 0.135. The van der Waals surface area contributed by atoms with Crippen LogP contribution >= 0.6 is 35.0 Å². The number of thioether (sulfide) groups is 1. The molecule has 2 aromatic carbocycles. The monoisotopic (exact) mass is 407 g/mol. The number of nitrogen functional groups attached to an aromatic ring is 1. The first-order valence-corrected chi connectivity index (χ1v) is 9.33. The van der Waals surface area contributed by atoms with Gasteiger partial charge in [0.1, 0.15) is 0 Å². The van der Waals surface area contributed by atoms with Crippen molar-refractivity contribution in [3.05, 3.63) is 58.1 Å². The Morgan fingerprint density at radius 2 is 2.04 bits per heavy atom. The topological polar surface area (TPSA) is 85.8 Å². The van der Waals surface area contributed by atoms with Crippen LogP contribution in [-0.2, 0) is 4.79 Å². The molecule has 134 valence electrons. The maximum Gasteiger partial charge on any atom is 0.234 e. The van der Waals surface area contributed by atoms with Gasteiger partial charge in [-0.15, -0.1) is 10.2 Å². The van der Waals surface area contributed by atoms with Gasteiger partial charge in [0, 0.05) is 21.3 Å². The molecular weight excluding hydrogens is 393 g/mol. The SMILES string of the molecule is Cc1ccc(NC(=O)CSc2nnc(-c3cccc(Cl)c3)n2N)cc1Cl. The highest BCUT2D eigenvalue weighted by Crippen LogP contribution is 2.24. The van der Waals surface area contributed by atoms with Gasteiger partial charge in [-0.05, 0) is 36.8 Å². The summed E-state index contributed by atoms with van der Waals surface area (Å²) in [5.74, 6) is 6.46. The summed E-state index contributed by atoms with van der Waals surface area (Å²) in [7, 11) is 0. The molecule has 1 amide bonds. The molecule has 0 bridgehead atoms. The highest BCUT2D eigenvalue weighted by atomic mass is 35.5. The van der Waals surface area contributed by atoms with E-state index in [0.717, 1.165) is 11.1 Å². The van der Waals surface area contributed by atoms with Crippen LogP contribution in [-0.4, -0.2) is 26.5 Å². The van der Waals surface area contributed by atoms with E-state index in [1.165, 1.54) is 16.4 Å². The summed E-state index contributed by atoms with van der Waals surface area (Å²) in [6.45, 7) is 1.90. The van der Waals surface area contributed by atoms with Gasteiger partial charge >= 0.3 is 0 Å². The van der Waals surface area contributed by atoms with Crippen molar-refractivity contribution < 1.29 is 4.79 Å². The van der Waals surface area contributed by atoms with Crippen LogP contribution in [0.15, 0.2) is 47.6 Å². The number of anilines is 1. The van der Waals surface area contributed by atoms with Gasteiger partial charge in [-0.3, -0.25) is 4.79 Å². The molecule has 0 aliphatic heterocycles. The van der Waals surface area contributed by atoms with Crippen LogP contribution in [0, 0.1) is 6.92 Å². The Morgan fingerprint density at radius 3 is 2.77 bits per heavy atom. The van der Waals surface area contributed by atoms with Crippen LogP contribution in [0.25, 0.3) is 11.4 Å². The van der Waals surface area contributed by atoms with Crippen LogP contribution in [0.4, 0.5) is 5.69 Å². The number of rotatable bonds is 5. The number of nitrogens with one attached hydrogen (secondary N) is 1. The molecule has 0 saturated heterocycles. The minimum Gasteiger partial charge on any atom is -0.335 e. The van der Waals surface area contributed by atoms with E-state index in [1.54, 1.807) is 30.3 Å². The molecule has 0 unspecified atom stereocenters. The van der Waals surface area contributed by atoms with Crippen molar-refractivity contribution in [2.75, 3.05) is 16.9 Å². The summed E-state index contributed by atoms with van der Waals surface area (Å²) in [5.41, 5.74) is 2.34. The molecule has 6 nitrogen and oxygen atoms in total. The molecule has 0 aliphatic rings. The lowest BCUT2D eigenvalue weighted by Crippen LogP contribution is -2.16. The summed E-state index contributed by atoms with van der Waals surface area (Å²) in [5, 5.41) is 12.5. The Kier molecular flexibility index (Phi) is 5.70. The molecule has 3 aromatic rings. The van der Waals surface area contributed by atoms with Crippen LogP contribution in [0.1, 0.15) is 5.56 Å². The Hall–Kier alpha value is -2.22. The first-order chi connectivity index (χ1) is 12.4. The maximum atomic E-state index is 12.1. The number of nitrogens with zero attached hydrogens (tertiary/aromatic N) is 3. The minimum atomic E-state index is -0.192. The van der Waals surface area contributed by atoms with E-state index < -0.39 is 0 Å². The Bertz CT molecular complexity index is 960. The second-order valence-corrected chi connectivity index (χ2v) is 7.27. The fourth-order valence-corrected chi connectivity index (χ4v) is 3.22. The first kappa shape index (κ1) is 18.6. The number of amides is 1. The van der Waals surface area contributed by atoms with Crippen molar-refractivity contribution in [1.82, 2.24) is 14.9 Å². The van der Waals surface area contributed by atoms with Gasteiger partial charge in [0.25, 0.3) is 0 Å². The van der Waals surface area contributed by atoms with Crippen molar-refractivity contribution in [2.45, 2.75) is 12.1 Å². The molecular formula is C17H15Cl2N5OS. The largest absolute Gasteiger partial charge is 0.335 e. The Morgan fingerprint density at radius 1 is 1.23 bits per heavy atom. The van der Waals surface area contributed by atoms with E-state index in [9.17, 15) is 4.79 Å². The summed E-state index contributed by atoms with van der Waals surface area (Å²) < 4.78 is 1.34. The van der Waals surface area contributed by atoms with Crippen LogP contribution in [0.2, 0.25) is 10.0 Å². The van der Waals surface area contributed by atoms with Crippen LogP contribution < -0.4 is 11.2 Å². The number of aromatic nitrogens is 3. The Balaban J connectivity index is 1.64. The molecule has 0 spiro atoms. The van der Waals surface area contributed by atoms with Crippen molar-refractivity contribution >= 4 is 46.6 Å². The van der Waals surface area contributed by atoms with E-state index in [4.69, 9.17) is 29.0 Å². The number of carbonyl (C=O) groups excluding carboxylic acids is 1. The molecule has 1 heterocycles. The number of benzene rings is 2. The standard InChI is InChI=1S/C17H15Cl2N5OS/c1-10-5-6-13(8-14(10)19)21-15(25)9-26-17-23-22-16(24(17)20)11-3-2-4-12(18)7-11/h2-8H,9,20H2,1H3,(H,21,25). The van der Waals surface area contributed by atoms with Crippen LogP contribution in [0.5, 0.6) is 0 Å². The van der Waals surface area contributed by atoms with Gasteiger partial charge in [-0.2, -0.15) is 0 Å². The number of hydrogen-bond donors (Lipinski definition) is 2. The molecule has 26 heavy (non-hydrogen) atoms. The zero-order chi connectivity index (χ0) is 18.7. The third-order valence-electron chi connectivity index (χ3n) is 3.54. The molecule has 3 N–H and O–H groups in total. The highest BCUT2D eigenvalue weighted by molar-refractivity contribution is 7.99. The zero-order valence-electron chi connectivity index (χ0n) is 13.7. The van der Waals surface area contributed by atoms with E-state index in [0.29, 0.717) is 26.7 Å². The smallest absolute Gasteiger partial charge is 0.234 e. The molecule has 0 radical (unpaired) electrons. The predicted octanol–water partition coefficient (Wildman–Crippen LogP) is 4.00. The second kappa shape index (κ2) is 7.99. The average molecular weight is 408 g/mol. The summed E-state index contributed by atoms with van der Waals surface area (Å²) in [6, 6.07) is 12.5. The first-order valence-electron chi connectivity index (χ1n) is 7.59. The predicted molar refractivity (Wildman–Crippen MR) is 106 cm³/mol. The number of nitrogens with two attached hydrogens (primary N) is 1. The zero-order valence-corrected chi connectivity index (χ0v) is 16.1. The second-order valence-electron chi connectivity index (χ2n) is 5.49. The van der Waals surface area contributed by atoms with E-state index in [2.05, 4.69) is 15.5 Å². The fourth-order valence-electron chi connectivity index (χ4n) is 2.20. The lowest BCUT2D eigenvalue weighted by molar-refractivity contribution is -0.113. The Labute approximate surface area is 164 Å². The quantitative estimate of drug-likeness (QED) is 0.492. The summed E-state index contributed by atoms with van der Waals surface area (Å²) in [4.78, 5) is 12.1. The number of aryl methyl sites for hydroxylation is 1.